The molecule has 0 aliphatic carbocycles. The molecular weight excluding hydrogens is 335 g/mol. The Balaban J connectivity index is 2.28. The van der Waals surface area contributed by atoms with Crippen LogP contribution in [0.25, 0.3) is 0 Å². The molecule has 1 unspecified atom stereocenters. The van der Waals surface area contributed by atoms with Gasteiger partial charge in [0.25, 0.3) is 0 Å². The van der Waals surface area contributed by atoms with Crippen molar-refractivity contribution in [3.8, 4) is 0 Å². The lowest BCUT2D eigenvalue weighted by molar-refractivity contribution is 0.631. The first-order valence-corrected chi connectivity index (χ1v) is 6.93. The van der Waals surface area contributed by atoms with Gasteiger partial charge >= 0.3 is 0 Å². The van der Waals surface area contributed by atoms with Crippen LogP contribution in [0.4, 0.5) is 0 Å². The number of thiophene rings is 1. The molecular formula is C10H13IN4S. The fraction of sp³-hybridized carbons (Fsp3) is 0.300. The van der Waals surface area contributed by atoms with Crippen molar-refractivity contribution < 1.29 is 0 Å². The van der Waals surface area contributed by atoms with Crippen molar-refractivity contribution in [3.63, 3.8) is 0 Å². The number of hydrogen-bond donors (Lipinski definition) is 2. The van der Waals surface area contributed by atoms with Crippen LogP contribution in [0.15, 0.2) is 23.8 Å². The highest BCUT2D eigenvalue weighted by Gasteiger charge is 2.15. The van der Waals surface area contributed by atoms with Gasteiger partial charge in [0.2, 0.25) is 0 Å². The summed E-state index contributed by atoms with van der Waals surface area (Å²) >= 11 is 4.03. The number of aromatic nitrogens is 2. The number of nitrogens with two attached hydrogens (primary N) is 1. The summed E-state index contributed by atoms with van der Waals surface area (Å²) in [4.78, 5) is 0. The average Bonchev–Trinajstić information content (AvgIpc) is 2.89. The minimum absolute atomic E-state index is 0.0278. The molecule has 16 heavy (non-hydrogen) atoms. The summed E-state index contributed by atoms with van der Waals surface area (Å²) < 4.78 is 3.16. The Morgan fingerprint density at radius 2 is 2.44 bits per heavy atom. The van der Waals surface area contributed by atoms with Crippen LogP contribution in [-0.4, -0.2) is 9.78 Å². The Morgan fingerprint density at radius 3 is 2.94 bits per heavy atom. The van der Waals surface area contributed by atoms with E-state index in [1.807, 2.05) is 17.1 Å². The van der Waals surface area contributed by atoms with Gasteiger partial charge in [-0.15, -0.1) is 11.3 Å². The molecule has 0 bridgehead atoms. The molecule has 6 heteroatoms. The van der Waals surface area contributed by atoms with Crippen molar-refractivity contribution in [2.75, 3.05) is 0 Å². The Bertz CT molecular complexity index is 465. The van der Waals surface area contributed by atoms with Crippen LogP contribution in [-0.2, 0) is 6.54 Å². The first kappa shape index (κ1) is 12.0. The van der Waals surface area contributed by atoms with Crippen molar-refractivity contribution in [1.29, 1.82) is 0 Å². The minimum atomic E-state index is 0.0278. The molecule has 2 aromatic rings. The lowest BCUT2D eigenvalue weighted by Crippen LogP contribution is -2.28. The molecule has 86 valence electrons. The molecule has 2 heterocycles. The molecule has 0 aliphatic rings. The number of nitrogens with zero attached hydrogens (tertiary/aromatic N) is 2. The molecule has 0 aliphatic heterocycles. The molecule has 0 radical (unpaired) electrons. The molecule has 1 atom stereocenters. The molecule has 0 aromatic carbocycles. The SMILES string of the molecule is CCn1cc(C(NN)c2csc(I)c2)cn1. The highest BCUT2D eigenvalue weighted by molar-refractivity contribution is 14.1. The quantitative estimate of drug-likeness (QED) is 0.506. The van der Waals surface area contributed by atoms with Crippen LogP contribution in [0.3, 0.4) is 0 Å². The van der Waals surface area contributed by atoms with Crippen LogP contribution in [0.5, 0.6) is 0 Å². The third kappa shape index (κ3) is 2.45. The fourth-order valence-electron chi connectivity index (χ4n) is 1.56. The Kier molecular flexibility index (Phi) is 3.95. The van der Waals surface area contributed by atoms with Crippen LogP contribution >= 0.6 is 33.9 Å². The average molecular weight is 348 g/mol. The Labute approximate surface area is 112 Å². The molecule has 3 N–H and O–H groups in total. The lowest BCUT2D eigenvalue weighted by Gasteiger charge is -2.11. The first-order valence-electron chi connectivity index (χ1n) is 4.97. The van der Waals surface area contributed by atoms with Crippen LogP contribution in [0.2, 0.25) is 0 Å². The van der Waals surface area contributed by atoms with Gasteiger partial charge in [0, 0.05) is 18.3 Å². The van der Waals surface area contributed by atoms with Gasteiger partial charge in [0.1, 0.15) is 0 Å². The van der Waals surface area contributed by atoms with Crippen molar-refractivity contribution in [2.45, 2.75) is 19.5 Å². The van der Waals surface area contributed by atoms with Gasteiger partial charge < -0.3 is 0 Å². The molecule has 4 nitrogen and oxygen atoms in total. The molecule has 0 amide bonds. The van der Waals surface area contributed by atoms with Crippen LogP contribution in [0.1, 0.15) is 24.1 Å². The van der Waals surface area contributed by atoms with Crippen molar-refractivity contribution >= 4 is 33.9 Å². The molecule has 2 aromatic heterocycles. The third-order valence-corrected chi connectivity index (χ3v) is 4.21. The number of hydrazine groups is 1. The summed E-state index contributed by atoms with van der Waals surface area (Å²) in [6.45, 7) is 2.94. The monoisotopic (exact) mass is 348 g/mol. The molecule has 0 fully saturated rings. The first-order chi connectivity index (χ1) is 7.74. The normalized spacial score (nSPS) is 12.9. The fourth-order valence-corrected chi connectivity index (χ4v) is 2.96. The molecule has 2 rings (SSSR count). The van der Waals surface area contributed by atoms with E-state index >= 15 is 0 Å². The van der Waals surface area contributed by atoms with E-state index < -0.39 is 0 Å². The van der Waals surface area contributed by atoms with Gasteiger partial charge in [0.05, 0.1) is 15.1 Å². The topological polar surface area (TPSA) is 55.9 Å². The summed E-state index contributed by atoms with van der Waals surface area (Å²) in [5.41, 5.74) is 5.12. The standard InChI is InChI=1S/C10H13IN4S/c1-2-15-5-8(4-13-15)10(14-12)7-3-9(11)16-6-7/h3-6,10,14H,2,12H2,1H3. The van der Waals surface area contributed by atoms with E-state index in [0.29, 0.717) is 0 Å². The van der Waals surface area contributed by atoms with Crippen LogP contribution in [0, 0.1) is 2.88 Å². The smallest absolute Gasteiger partial charge is 0.0749 e. The van der Waals surface area contributed by atoms with Crippen molar-refractivity contribution in [3.05, 3.63) is 37.9 Å². The number of rotatable bonds is 4. The number of hydrogen-bond acceptors (Lipinski definition) is 4. The van der Waals surface area contributed by atoms with E-state index in [9.17, 15) is 0 Å². The van der Waals surface area contributed by atoms with Crippen molar-refractivity contribution in [1.82, 2.24) is 15.2 Å². The Hall–Kier alpha value is -0.440. The number of halogens is 1. The number of aryl methyl sites for hydroxylation is 1. The zero-order valence-electron chi connectivity index (χ0n) is 8.85. The van der Waals surface area contributed by atoms with Gasteiger partial charge in [-0.05, 0) is 46.5 Å². The van der Waals surface area contributed by atoms with E-state index in [1.165, 1.54) is 8.45 Å². The van der Waals surface area contributed by atoms with Crippen molar-refractivity contribution in [2.24, 2.45) is 5.84 Å². The third-order valence-electron chi connectivity index (χ3n) is 2.40. The summed E-state index contributed by atoms with van der Waals surface area (Å²) in [5.74, 6) is 5.61. The predicted molar refractivity (Wildman–Crippen MR) is 74.1 cm³/mol. The summed E-state index contributed by atoms with van der Waals surface area (Å²) in [7, 11) is 0. The van der Waals surface area contributed by atoms with E-state index in [2.05, 4.69) is 51.5 Å². The van der Waals surface area contributed by atoms with E-state index in [1.54, 1.807) is 11.3 Å². The maximum Gasteiger partial charge on any atom is 0.0749 e. The summed E-state index contributed by atoms with van der Waals surface area (Å²) in [6.07, 6.45) is 3.88. The van der Waals surface area contributed by atoms with Gasteiger partial charge in [-0.3, -0.25) is 10.5 Å². The molecule has 0 spiro atoms. The minimum Gasteiger partial charge on any atom is -0.273 e. The van der Waals surface area contributed by atoms with Gasteiger partial charge in [-0.1, -0.05) is 0 Å². The van der Waals surface area contributed by atoms with E-state index in [-0.39, 0.29) is 6.04 Å². The lowest BCUT2D eigenvalue weighted by atomic mass is 10.1. The highest BCUT2D eigenvalue weighted by Crippen LogP contribution is 2.26. The van der Waals surface area contributed by atoms with E-state index in [0.717, 1.165) is 12.1 Å². The highest BCUT2D eigenvalue weighted by atomic mass is 127. The maximum absolute atomic E-state index is 5.61. The second-order valence-electron chi connectivity index (χ2n) is 3.41. The maximum atomic E-state index is 5.61. The summed E-state index contributed by atoms with van der Waals surface area (Å²) in [6, 6.07) is 2.17. The Morgan fingerprint density at radius 1 is 1.62 bits per heavy atom. The van der Waals surface area contributed by atoms with Gasteiger partial charge in [0.15, 0.2) is 0 Å². The van der Waals surface area contributed by atoms with Gasteiger partial charge in [-0.2, -0.15) is 5.10 Å². The molecule has 0 saturated heterocycles. The molecule has 0 saturated carbocycles. The predicted octanol–water partition coefficient (Wildman–Crippen LogP) is 2.12. The van der Waals surface area contributed by atoms with Crippen LogP contribution < -0.4 is 11.3 Å². The second kappa shape index (κ2) is 5.26. The largest absolute Gasteiger partial charge is 0.273 e. The zero-order valence-corrected chi connectivity index (χ0v) is 11.8. The summed E-state index contributed by atoms with van der Waals surface area (Å²) in [5, 5.41) is 6.38. The second-order valence-corrected chi connectivity index (χ2v) is 6.22. The number of nitrogens with one attached hydrogen (secondary N) is 1. The van der Waals surface area contributed by atoms with Gasteiger partial charge in [-0.25, -0.2) is 5.43 Å². The van der Waals surface area contributed by atoms with E-state index in [4.69, 9.17) is 5.84 Å². The zero-order chi connectivity index (χ0) is 11.5.